The van der Waals surface area contributed by atoms with Crippen molar-refractivity contribution in [2.75, 3.05) is 16.4 Å². The summed E-state index contributed by atoms with van der Waals surface area (Å²) in [5.41, 5.74) is 3.50. The molecule has 0 fully saturated rings. The number of nitrogens with zero attached hydrogens (tertiary/aromatic N) is 4. The van der Waals surface area contributed by atoms with Gasteiger partial charge in [-0.05, 0) is 59.3 Å². The molecule has 0 bridgehead atoms. The Labute approximate surface area is 189 Å². The first-order valence-corrected chi connectivity index (χ1v) is 10.8. The number of carbonyl (C=O) groups excluding carboxylic acids is 2. The Morgan fingerprint density at radius 2 is 1.66 bits per heavy atom. The molecule has 0 radical (unpaired) electrons. The van der Waals surface area contributed by atoms with Crippen LogP contribution in [0.3, 0.4) is 0 Å². The minimum atomic E-state index is -0.208. The Balaban J connectivity index is 1.39. The summed E-state index contributed by atoms with van der Waals surface area (Å²) in [5, 5.41) is 18.0. The first-order chi connectivity index (χ1) is 15.6. The third-order valence-electron chi connectivity index (χ3n) is 4.58. The average molecular weight is 445 g/mol. The van der Waals surface area contributed by atoms with Gasteiger partial charge in [0.15, 0.2) is 0 Å². The molecule has 0 atom stereocenters. The van der Waals surface area contributed by atoms with Crippen molar-refractivity contribution >= 4 is 35.0 Å². The molecule has 0 saturated heterocycles. The summed E-state index contributed by atoms with van der Waals surface area (Å²) in [5.74, 6) is -0.283. The number of hydrogen-bond donors (Lipinski definition) is 2. The van der Waals surface area contributed by atoms with Crippen LogP contribution in [0.1, 0.15) is 15.9 Å². The number of thioether (sulfide) groups is 1. The second kappa shape index (κ2) is 9.88. The van der Waals surface area contributed by atoms with Crippen molar-refractivity contribution in [2.24, 2.45) is 0 Å². The van der Waals surface area contributed by atoms with E-state index in [9.17, 15) is 9.59 Å². The summed E-state index contributed by atoms with van der Waals surface area (Å²) < 4.78 is 1.58. The summed E-state index contributed by atoms with van der Waals surface area (Å²) in [7, 11) is 0. The van der Waals surface area contributed by atoms with E-state index in [2.05, 4.69) is 26.2 Å². The highest BCUT2D eigenvalue weighted by molar-refractivity contribution is 7.99. The highest BCUT2D eigenvalue weighted by Gasteiger charge is 2.13. The van der Waals surface area contributed by atoms with E-state index in [1.807, 2.05) is 61.5 Å². The molecule has 4 rings (SSSR count). The van der Waals surface area contributed by atoms with Crippen LogP contribution in [0.25, 0.3) is 5.69 Å². The Morgan fingerprint density at radius 3 is 2.41 bits per heavy atom. The number of para-hydroxylation sites is 1. The van der Waals surface area contributed by atoms with Gasteiger partial charge in [-0.25, -0.2) is 0 Å². The van der Waals surface area contributed by atoms with E-state index in [0.29, 0.717) is 22.1 Å². The topological polar surface area (TPSA) is 102 Å². The molecule has 8 nitrogen and oxygen atoms in total. The van der Waals surface area contributed by atoms with Crippen LogP contribution in [0.4, 0.5) is 11.4 Å². The van der Waals surface area contributed by atoms with E-state index >= 15 is 0 Å². The molecule has 1 aromatic heterocycles. The molecule has 0 aliphatic rings. The summed E-state index contributed by atoms with van der Waals surface area (Å²) in [4.78, 5) is 25.0. The Bertz CT molecular complexity index is 1230. The summed E-state index contributed by atoms with van der Waals surface area (Å²) in [6.07, 6.45) is 0. The molecular weight excluding hydrogens is 424 g/mol. The molecule has 0 saturated carbocycles. The van der Waals surface area contributed by atoms with Gasteiger partial charge in [0.1, 0.15) is 0 Å². The second-order valence-corrected chi connectivity index (χ2v) is 7.84. The molecule has 1 heterocycles. The quantitative estimate of drug-likeness (QED) is 0.419. The molecule has 0 spiro atoms. The van der Waals surface area contributed by atoms with Crippen LogP contribution in [-0.4, -0.2) is 37.8 Å². The first kappa shape index (κ1) is 21.3. The van der Waals surface area contributed by atoms with Crippen LogP contribution < -0.4 is 10.6 Å². The van der Waals surface area contributed by atoms with Crippen LogP contribution in [0, 0.1) is 6.92 Å². The Hall–Kier alpha value is -3.98. The number of anilines is 2. The number of carbonyl (C=O) groups is 2. The van der Waals surface area contributed by atoms with Gasteiger partial charge in [-0.3, -0.25) is 9.59 Å². The fourth-order valence-corrected chi connectivity index (χ4v) is 3.64. The molecule has 9 heteroatoms. The van der Waals surface area contributed by atoms with Gasteiger partial charge in [0.05, 0.1) is 11.4 Å². The number of tetrazole rings is 1. The van der Waals surface area contributed by atoms with Gasteiger partial charge in [-0.2, -0.15) is 4.68 Å². The minimum Gasteiger partial charge on any atom is -0.325 e. The third kappa shape index (κ3) is 5.19. The summed E-state index contributed by atoms with van der Waals surface area (Å²) in [6.45, 7) is 1.89. The van der Waals surface area contributed by atoms with Gasteiger partial charge < -0.3 is 10.6 Å². The normalized spacial score (nSPS) is 10.5. The van der Waals surface area contributed by atoms with Crippen molar-refractivity contribution in [3.05, 3.63) is 90.0 Å². The maximum absolute atomic E-state index is 12.5. The van der Waals surface area contributed by atoms with Crippen molar-refractivity contribution < 1.29 is 9.59 Å². The lowest BCUT2D eigenvalue weighted by Crippen LogP contribution is -2.16. The molecule has 2 N–H and O–H groups in total. The summed E-state index contributed by atoms with van der Waals surface area (Å²) >= 11 is 1.24. The second-order valence-electron chi connectivity index (χ2n) is 6.90. The van der Waals surface area contributed by atoms with Gasteiger partial charge in [0, 0.05) is 16.9 Å². The van der Waals surface area contributed by atoms with E-state index in [4.69, 9.17) is 0 Å². The zero-order chi connectivity index (χ0) is 22.3. The van der Waals surface area contributed by atoms with E-state index in [1.165, 1.54) is 11.8 Å². The maximum Gasteiger partial charge on any atom is 0.255 e. The van der Waals surface area contributed by atoms with E-state index < -0.39 is 0 Å². The van der Waals surface area contributed by atoms with Gasteiger partial charge in [0.2, 0.25) is 11.1 Å². The molecule has 0 aliphatic carbocycles. The van der Waals surface area contributed by atoms with Crippen LogP contribution in [0.15, 0.2) is 84.0 Å². The van der Waals surface area contributed by atoms with Crippen LogP contribution in [-0.2, 0) is 4.79 Å². The van der Waals surface area contributed by atoms with Crippen molar-refractivity contribution in [3.63, 3.8) is 0 Å². The number of benzene rings is 3. The maximum atomic E-state index is 12.5. The predicted octanol–water partition coefficient (Wildman–Crippen LogP) is 3.95. The lowest BCUT2D eigenvalue weighted by Gasteiger charge is -2.12. The largest absolute Gasteiger partial charge is 0.325 e. The van der Waals surface area contributed by atoms with E-state index in [1.54, 1.807) is 28.9 Å². The van der Waals surface area contributed by atoms with Gasteiger partial charge in [-0.1, -0.05) is 54.2 Å². The third-order valence-corrected chi connectivity index (χ3v) is 5.50. The zero-order valence-electron chi connectivity index (χ0n) is 17.2. The van der Waals surface area contributed by atoms with E-state index in [-0.39, 0.29) is 17.6 Å². The fraction of sp³-hybridized carbons (Fsp3) is 0.0870. The SMILES string of the molecule is Cc1ccc(NC(=O)CSc2nnnn2-c2ccccc2)cc1NC(=O)c1ccccc1. The van der Waals surface area contributed by atoms with Gasteiger partial charge >= 0.3 is 0 Å². The molecule has 0 unspecified atom stereocenters. The van der Waals surface area contributed by atoms with Crippen molar-refractivity contribution in [2.45, 2.75) is 12.1 Å². The number of aryl methyl sites for hydroxylation is 1. The number of rotatable bonds is 7. The number of nitrogens with one attached hydrogen (secondary N) is 2. The Morgan fingerprint density at radius 1 is 0.938 bits per heavy atom. The lowest BCUT2D eigenvalue weighted by atomic mass is 10.1. The monoisotopic (exact) mass is 444 g/mol. The molecule has 3 aromatic carbocycles. The lowest BCUT2D eigenvalue weighted by molar-refractivity contribution is -0.113. The van der Waals surface area contributed by atoms with Crippen LogP contribution in [0.2, 0.25) is 0 Å². The summed E-state index contributed by atoms with van der Waals surface area (Å²) in [6, 6.07) is 23.8. The Kier molecular flexibility index (Phi) is 6.57. The van der Waals surface area contributed by atoms with Crippen molar-refractivity contribution in [3.8, 4) is 5.69 Å². The molecular formula is C23H20N6O2S. The number of aromatic nitrogens is 4. The van der Waals surface area contributed by atoms with Gasteiger partial charge in [-0.15, -0.1) is 5.10 Å². The predicted molar refractivity (Wildman–Crippen MR) is 124 cm³/mol. The van der Waals surface area contributed by atoms with Crippen molar-refractivity contribution in [1.82, 2.24) is 20.2 Å². The zero-order valence-corrected chi connectivity index (χ0v) is 18.0. The fourth-order valence-electron chi connectivity index (χ4n) is 2.95. The molecule has 2 amide bonds. The molecule has 0 aliphatic heterocycles. The molecule has 32 heavy (non-hydrogen) atoms. The van der Waals surface area contributed by atoms with Gasteiger partial charge in [0.25, 0.3) is 5.91 Å². The average Bonchev–Trinajstić information content (AvgIpc) is 3.30. The standard InChI is InChI=1S/C23H20N6O2S/c1-16-12-13-18(14-20(16)25-22(31)17-8-4-2-5-9-17)24-21(30)15-32-23-26-27-28-29(23)19-10-6-3-7-11-19/h2-14H,15H2,1H3,(H,24,30)(H,25,31). The highest BCUT2D eigenvalue weighted by Crippen LogP contribution is 2.22. The smallest absolute Gasteiger partial charge is 0.255 e. The molecule has 4 aromatic rings. The molecule has 160 valence electrons. The highest BCUT2D eigenvalue weighted by atomic mass is 32.2. The van der Waals surface area contributed by atoms with E-state index in [0.717, 1.165) is 11.3 Å². The number of amides is 2. The van der Waals surface area contributed by atoms with Crippen molar-refractivity contribution in [1.29, 1.82) is 0 Å². The van der Waals surface area contributed by atoms with Crippen LogP contribution in [0.5, 0.6) is 0 Å². The van der Waals surface area contributed by atoms with Crippen LogP contribution >= 0.6 is 11.8 Å². The first-order valence-electron chi connectivity index (χ1n) is 9.83. The minimum absolute atomic E-state index is 0.132. The number of hydrogen-bond acceptors (Lipinski definition) is 6.